The highest BCUT2D eigenvalue weighted by Crippen LogP contribution is 2.22. The number of Topliss-reactive ketones (excluding diaryl/α,β-unsaturated/α-hetero) is 1. The number of amides is 1. The van der Waals surface area contributed by atoms with Gasteiger partial charge in [-0.15, -0.1) is 0 Å². The summed E-state index contributed by atoms with van der Waals surface area (Å²) in [6.07, 6.45) is -3.17. The van der Waals surface area contributed by atoms with E-state index in [1.54, 1.807) is 0 Å². The quantitative estimate of drug-likeness (QED) is 0.302. The van der Waals surface area contributed by atoms with Gasteiger partial charge in [-0.25, -0.2) is 0 Å². The Kier molecular flexibility index (Phi) is 10.4. The number of aliphatic hydroxyl groups is 4. The summed E-state index contributed by atoms with van der Waals surface area (Å²) in [6.45, 7) is -0.857. The van der Waals surface area contributed by atoms with Gasteiger partial charge in [0.25, 0.3) is 0 Å². The molecule has 1 aromatic rings. The molecule has 0 bridgehead atoms. The van der Waals surface area contributed by atoms with Gasteiger partial charge in [0.15, 0.2) is 12.1 Å². The number of ketones is 1. The highest BCUT2D eigenvalue weighted by molar-refractivity contribution is 5.90. The number of ether oxygens (including phenoxy) is 2. The smallest absolute Gasteiger partial charge is 0.224 e. The van der Waals surface area contributed by atoms with Crippen molar-refractivity contribution in [3.05, 3.63) is 30.3 Å². The van der Waals surface area contributed by atoms with Crippen LogP contribution in [0.15, 0.2) is 30.3 Å². The molecule has 0 spiro atoms. The molecule has 1 fully saturated rings. The molecule has 168 valence electrons. The third-order valence-electron chi connectivity index (χ3n) is 4.92. The molecule has 1 saturated heterocycles. The molecule has 0 unspecified atom stereocenters. The normalized spacial score (nSPS) is 26.3. The van der Waals surface area contributed by atoms with Gasteiger partial charge in [0, 0.05) is 18.5 Å². The zero-order valence-corrected chi connectivity index (χ0v) is 16.9. The first-order valence-electron chi connectivity index (χ1n) is 10.2. The fraction of sp³-hybridized carbons (Fsp3) is 0.619. The summed E-state index contributed by atoms with van der Waals surface area (Å²) in [5.41, 5.74) is 0.771. The standard InChI is InChI=1S/C21H31NO8/c23-12-16-18(26)19(27)20(28)21(30-16)29-13-15(24)10-6-1-2-7-11-17(25)22-14-8-4-3-5-9-14/h3-5,8-9,16,18-21,23,26-28H,1-2,6-7,10-13H2,(H,22,25)/t16-,18+,19+,20-,21-/m1/s1. The van der Waals surface area contributed by atoms with Crippen molar-refractivity contribution in [3.8, 4) is 0 Å². The molecule has 1 aliphatic rings. The molecule has 0 aliphatic carbocycles. The Morgan fingerprint density at radius 3 is 2.27 bits per heavy atom. The molecule has 1 amide bonds. The van der Waals surface area contributed by atoms with E-state index in [1.165, 1.54) is 0 Å². The molecule has 9 heteroatoms. The predicted molar refractivity (Wildman–Crippen MR) is 107 cm³/mol. The maximum atomic E-state index is 11.9. The number of unbranched alkanes of at least 4 members (excludes halogenated alkanes) is 3. The highest BCUT2D eigenvalue weighted by atomic mass is 16.7. The minimum atomic E-state index is -1.53. The van der Waals surface area contributed by atoms with Crippen LogP contribution in [0.3, 0.4) is 0 Å². The Labute approximate surface area is 175 Å². The van der Waals surface area contributed by atoms with E-state index in [0.717, 1.165) is 24.9 Å². The first kappa shape index (κ1) is 24.4. The molecule has 0 aromatic heterocycles. The Morgan fingerprint density at radius 2 is 1.60 bits per heavy atom. The molecule has 0 saturated carbocycles. The van der Waals surface area contributed by atoms with Gasteiger partial charge >= 0.3 is 0 Å². The highest BCUT2D eigenvalue weighted by Gasteiger charge is 2.44. The van der Waals surface area contributed by atoms with Crippen LogP contribution in [-0.4, -0.2) is 76.0 Å². The Balaban J connectivity index is 1.54. The lowest BCUT2D eigenvalue weighted by Crippen LogP contribution is -2.59. The molecule has 5 N–H and O–H groups in total. The van der Waals surface area contributed by atoms with E-state index in [2.05, 4.69) is 5.32 Å². The average Bonchev–Trinajstić information content (AvgIpc) is 2.74. The first-order chi connectivity index (χ1) is 14.4. The summed E-state index contributed by atoms with van der Waals surface area (Å²) < 4.78 is 10.4. The van der Waals surface area contributed by atoms with E-state index in [1.807, 2.05) is 30.3 Å². The molecule has 2 rings (SSSR count). The van der Waals surface area contributed by atoms with Crippen LogP contribution in [0.2, 0.25) is 0 Å². The molecule has 5 atom stereocenters. The minimum absolute atomic E-state index is 0.0368. The third kappa shape index (κ3) is 7.75. The van der Waals surface area contributed by atoms with Crippen molar-refractivity contribution in [2.24, 2.45) is 0 Å². The summed E-state index contributed by atoms with van der Waals surface area (Å²) in [5.74, 6) is -0.223. The van der Waals surface area contributed by atoms with Crippen molar-refractivity contribution < 1.29 is 39.5 Å². The van der Waals surface area contributed by atoms with Crippen molar-refractivity contribution in [2.75, 3.05) is 18.5 Å². The van der Waals surface area contributed by atoms with Gasteiger partial charge in [-0.1, -0.05) is 31.0 Å². The summed E-state index contributed by atoms with van der Waals surface area (Å²) >= 11 is 0. The number of hydrogen-bond acceptors (Lipinski definition) is 8. The van der Waals surface area contributed by atoms with Crippen LogP contribution in [0.25, 0.3) is 0 Å². The third-order valence-corrected chi connectivity index (χ3v) is 4.92. The Morgan fingerprint density at radius 1 is 0.933 bits per heavy atom. The molecule has 1 aliphatic heterocycles. The maximum absolute atomic E-state index is 11.9. The van der Waals surface area contributed by atoms with Crippen molar-refractivity contribution >= 4 is 17.4 Å². The van der Waals surface area contributed by atoms with E-state index < -0.39 is 37.3 Å². The second-order valence-electron chi connectivity index (χ2n) is 7.38. The fourth-order valence-electron chi connectivity index (χ4n) is 3.16. The molecule has 0 radical (unpaired) electrons. The number of aliphatic hydroxyl groups excluding tert-OH is 4. The van der Waals surface area contributed by atoms with Crippen LogP contribution in [0.5, 0.6) is 0 Å². The maximum Gasteiger partial charge on any atom is 0.224 e. The van der Waals surface area contributed by atoms with Gasteiger partial charge in [0.1, 0.15) is 31.0 Å². The van der Waals surface area contributed by atoms with Gasteiger partial charge in [-0.2, -0.15) is 0 Å². The predicted octanol–water partition coefficient (Wildman–Crippen LogP) is 0.351. The number of para-hydroxylation sites is 1. The summed E-state index contributed by atoms with van der Waals surface area (Å²) in [5, 5.41) is 41.2. The number of carbonyl (C=O) groups excluding carboxylic acids is 2. The lowest BCUT2D eigenvalue weighted by atomic mass is 9.99. The van der Waals surface area contributed by atoms with Gasteiger partial charge < -0.3 is 35.2 Å². The summed E-state index contributed by atoms with van der Waals surface area (Å²) in [4.78, 5) is 23.8. The van der Waals surface area contributed by atoms with E-state index in [9.17, 15) is 24.9 Å². The SMILES string of the molecule is O=C(CCCCCCC(=O)Nc1ccccc1)CO[C@@H]1O[C@H](CO)[C@H](O)[C@H](O)[C@H]1O. The second-order valence-corrected chi connectivity index (χ2v) is 7.38. The lowest BCUT2D eigenvalue weighted by molar-refractivity contribution is -0.299. The van der Waals surface area contributed by atoms with Gasteiger partial charge in [0.2, 0.25) is 5.91 Å². The number of carbonyl (C=O) groups is 2. The van der Waals surface area contributed by atoms with Gasteiger partial charge in [-0.05, 0) is 25.0 Å². The van der Waals surface area contributed by atoms with Crippen molar-refractivity contribution in [2.45, 2.75) is 69.2 Å². The zero-order chi connectivity index (χ0) is 21.9. The van der Waals surface area contributed by atoms with E-state index >= 15 is 0 Å². The van der Waals surface area contributed by atoms with E-state index in [0.29, 0.717) is 12.8 Å². The van der Waals surface area contributed by atoms with Crippen LogP contribution in [0, 0.1) is 0 Å². The van der Waals surface area contributed by atoms with Crippen LogP contribution in [0.4, 0.5) is 5.69 Å². The van der Waals surface area contributed by atoms with Crippen molar-refractivity contribution in [1.29, 1.82) is 0 Å². The Bertz CT molecular complexity index is 654. The molecule has 30 heavy (non-hydrogen) atoms. The Hall–Kier alpha value is -1.88. The molecule has 1 aromatic carbocycles. The van der Waals surface area contributed by atoms with Crippen LogP contribution < -0.4 is 5.32 Å². The molecule has 1 heterocycles. The number of hydrogen-bond donors (Lipinski definition) is 5. The molecular formula is C21H31NO8. The molecule has 9 nitrogen and oxygen atoms in total. The monoisotopic (exact) mass is 425 g/mol. The summed E-state index contributed by atoms with van der Waals surface area (Å²) in [6, 6.07) is 9.25. The first-order valence-corrected chi connectivity index (χ1v) is 10.2. The van der Waals surface area contributed by atoms with Crippen LogP contribution in [-0.2, 0) is 19.1 Å². The summed E-state index contributed by atoms with van der Waals surface area (Å²) in [7, 11) is 0. The number of nitrogens with one attached hydrogen (secondary N) is 1. The number of rotatable bonds is 12. The van der Waals surface area contributed by atoms with Crippen LogP contribution in [0.1, 0.15) is 38.5 Å². The fourth-order valence-corrected chi connectivity index (χ4v) is 3.16. The van der Waals surface area contributed by atoms with Crippen molar-refractivity contribution in [1.82, 2.24) is 0 Å². The number of benzene rings is 1. The minimum Gasteiger partial charge on any atom is -0.394 e. The molecular weight excluding hydrogens is 394 g/mol. The topological polar surface area (TPSA) is 146 Å². The average molecular weight is 425 g/mol. The van der Waals surface area contributed by atoms with Gasteiger partial charge in [-0.3, -0.25) is 9.59 Å². The van der Waals surface area contributed by atoms with E-state index in [-0.39, 0.29) is 24.7 Å². The number of anilines is 1. The van der Waals surface area contributed by atoms with Gasteiger partial charge in [0.05, 0.1) is 6.61 Å². The van der Waals surface area contributed by atoms with E-state index in [4.69, 9.17) is 14.6 Å². The van der Waals surface area contributed by atoms with Crippen LogP contribution >= 0.6 is 0 Å². The van der Waals surface area contributed by atoms with Crippen molar-refractivity contribution in [3.63, 3.8) is 0 Å². The lowest BCUT2D eigenvalue weighted by Gasteiger charge is -2.39. The second kappa shape index (κ2) is 12.7. The zero-order valence-electron chi connectivity index (χ0n) is 16.9. The largest absolute Gasteiger partial charge is 0.394 e.